The van der Waals surface area contributed by atoms with Crippen molar-refractivity contribution < 1.29 is 31.1 Å². The van der Waals surface area contributed by atoms with E-state index in [9.17, 15) is 31.1 Å². The Morgan fingerprint density at radius 2 is 1.56 bits per heavy atom. The lowest BCUT2D eigenvalue weighted by Gasteiger charge is -2.40. The fraction of sp³-hybridized carbons (Fsp3) is 0.889. The minimum atomic E-state index is -4.83. The van der Waals surface area contributed by atoms with E-state index < -0.39 is 56.2 Å². The Kier molecular flexibility index (Phi) is 3.85. The second-order valence-electron chi connectivity index (χ2n) is 4.34. The van der Waals surface area contributed by atoms with Crippen molar-refractivity contribution in [3.63, 3.8) is 0 Å². The zero-order valence-corrected chi connectivity index (χ0v) is 9.24. The molecule has 1 heterocycles. The monoisotopic (exact) mass is 278 g/mol. The molecule has 1 saturated heterocycles. The number of nitrogens with zero attached hydrogens (tertiary/aromatic N) is 1. The van der Waals surface area contributed by atoms with Crippen LogP contribution in [0.3, 0.4) is 0 Å². The van der Waals surface area contributed by atoms with Gasteiger partial charge in [-0.25, -0.2) is 0 Å². The highest BCUT2D eigenvalue weighted by Gasteiger charge is 2.60. The average molecular weight is 278 g/mol. The van der Waals surface area contributed by atoms with E-state index in [0.717, 1.165) is 4.90 Å². The minimum absolute atomic E-state index is 0.456. The molecule has 1 aliphatic heterocycles. The molecule has 0 aromatic carbocycles. The number of alkyl halides is 6. The topological polar surface area (TPSA) is 46.3 Å². The molecular formula is C9H12F6N2O. The third-order valence-electron chi connectivity index (χ3n) is 3.13. The van der Waals surface area contributed by atoms with E-state index in [1.54, 1.807) is 0 Å². The van der Waals surface area contributed by atoms with Crippen molar-refractivity contribution in [2.24, 2.45) is 11.1 Å². The number of rotatable bonds is 2. The second-order valence-corrected chi connectivity index (χ2v) is 4.34. The number of hydrogen-bond donors (Lipinski definition) is 1. The smallest absolute Gasteiger partial charge is 0.369 e. The number of primary amides is 1. The Bertz CT molecular complexity index is 316. The first-order valence-electron chi connectivity index (χ1n) is 5.14. The molecule has 1 aliphatic rings. The molecule has 0 unspecified atom stereocenters. The zero-order valence-electron chi connectivity index (χ0n) is 9.24. The van der Waals surface area contributed by atoms with Crippen LogP contribution in [0.2, 0.25) is 0 Å². The molecule has 3 nitrogen and oxygen atoms in total. The highest BCUT2D eigenvalue weighted by Crippen LogP contribution is 2.46. The third-order valence-corrected chi connectivity index (χ3v) is 3.13. The lowest BCUT2D eigenvalue weighted by Crippen LogP contribution is -2.56. The summed E-state index contributed by atoms with van der Waals surface area (Å²) in [6, 6.07) is 0. The molecule has 18 heavy (non-hydrogen) atoms. The van der Waals surface area contributed by atoms with Crippen LogP contribution in [0.5, 0.6) is 0 Å². The van der Waals surface area contributed by atoms with Crippen molar-refractivity contribution in [2.75, 3.05) is 19.6 Å². The quantitative estimate of drug-likeness (QED) is 0.781. The van der Waals surface area contributed by atoms with Crippen molar-refractivity contribution in [1.29, 1.82) is 0 Å². The van der Waals surface area contributed by atoms with Crippen molar-refractivity contribution in [1.82, 2.24) is 4.90 Å². The van der Waals surface area contributed by atoms with Gasteiger partial charge in [0.25, 0.3) is 0 Å². The van der Waals surface area contributed by atoms with Gasteiger partial charge < -0.3 is 5.73 Å². The van der Waals surface area contributed by atoms with Crippen LogP contribution in [0.4, 0.5) is 26.3 Å². The number of amides is 1. The Morgan fingerprint density at radius 1 is 1.11 bits per heavy atom. The van der Waals surface area contributed by atoms with Gasteiger partial charge in [0.2, 0.25) is 5.91 Å². The summed E-state index contributed by atoms with van der Waals surface area (Å²) < 4.78 is 74.5. The van der Waals surface area contributed by atoms with Crippen LogP contribution in [0.25, 0.3) is 0 Å². The normalized spacial score (nSPS) is 21.9. The fourth-order valence-corrected chi connectivity index (χ4v) is 2.02. The molecule has 0 aromatic heterocycles. The molecule has 106 valence electrons. The summed E-state index contributed by atoms with van der Waals surface area (Å²) in [6.07, 6.45) is -10.8. The number of halogens is 6. The van der Waals surface area contributed by atoms with Crippen LogP contribution in [-0.2, 0) is 4.79 Å². The fourth-order valence-electron chi connectivity index (χ4n) is 2.02. The molecule has 0 aliphatic carbocycles. The van der Waals surface area contributed by atoms with E-state index in [0.29, 0.717) is 0 Å². The van der Waals surface area contributed by atoms with E-state index >= 15 is 0 Å². The van der Waals surface area contributed by atoms with Crippen LogP contribution in [0, 0.1) is 5.41 Å². The van der Waals surface area contributed by atoms with Crippen LogP contribution < -0.4 is 5.73 Å². The van der Waals surface area contributed by atoms with Gasteiger partial charge in [0.1, 0.15) is 5.41 Å². The van der Waals surface area contributed by atoms with Crippen molar-refractivity contribution >= 4 is 5.91 Å². The number of likely N-dealkylation sites (tertiary alicyclic amines) is 1. The number of nitrogens with two attached hydrogens (primary N) is 1. The first-order chi connectivity index (χ1) is 7.98. The predicted molar refractivity (Wildman–Crippen MR) is 49.4 cm³/mol. The Balaban J connectivity index is 2.74. The summed E-state index contributed by atoms with van der Waals surface area (Å²) in [6.45, 7) is -2.19. The number of carbonyl (C=O) groups excluding carboxylic acids is 1. The first-order valence-corrected chi connectivity index (χ1v) is 5.14. The first kappa shape index (κ1) is 15.1. The van der Waals surface area contributed by atoms with Crippen molar-refractivity contribution in [3.8, 4) is 0 Å². The maximum Gasteiger partial charge on any atom is 0.403 e. The van der Waals surface area contributed by atoms with Crippen LogP contribution >= 0.6 is 0 Å². The van der Waals surface area contributed by atoms with Gasteiger partial charge >= 0.3 is 12.4 Å². The molecule has 0 spiro atoms. The molecule has 1 fully saturated rings. The van der Waals surface area contributed by atoms with Crippen LogP contribution in [0.15, 0.2) is 0 Å². The predicted octanol–water partition coefficient (Wildman–Crippen LogP) is 1.68. The molecule has 9 heteroatoms. The molecule has 0 saturated carbocycles. The molecule has 0 bridgehead atoms. The van der Waals surface area contributed by atoms with E-state index in [2.05, 4.69) is 0 Å². The number of carbonyl (C=O) groups is 1. The molecule has 0 radical (unpaired) electrons. The van der Waals surface area contributed by atoms with Gasteiger partial charge in [-0.2, -0.15) is 26.3 Å². The largest absolute Gasteiger partial charge is 0.403 e. The summed E-state index contributed by atoms with van der Waals surface area (Å²) in [5, 5.41) is 0. The molecule has 2 N–H and O–H groups in total. The minimum Gasteiger partial charge on any atom is -0.369 e. The van der Waals surface area contributed by atoms with Gasteiger partial charge in [-0.15, -0.1) is 0 Å². The summed E-state index contributed by atoms with van der Waals surface area (Å²) >= 11 is 0. The third kappa shape index (κ3) is 3.06. The van der Waals surface area contributed by atoms with E-state index in [1.807, 2.05) is 0 Å². The second kappa shape index (κ2) is 4.60. The number of piperidine rings is 1. The lowest BCUT2D eigenvalue weighted by atomic mass is 9.77. The molecule has 0 atom stereocenters. The molecule has 0 aromatic rings. The maximum absolute atomic E-state index is 12.8. The zero-order chi connectivity index (χ0) is 14.2. The summed E-state index contributed by atoms with van der Waals surface area (Å²) in [7, 11) is 0. The van der Waals surface area contributed by atoms with E-state index in [1.165, 1.54) is 0 Å². The van der Waals surface area contributed by atoms with Gasteiger partial charge in [-0.05, 0) is 25.9 Å². The summed E-state index contributed by atoms with van der Waals surface area (Å²) in [5.74, 6) is -1.53. The van der Waals surface area contributed by atoms with Gasteiger partial charge in [0.15, 0.2) is 0 Å². The standard InChI is InChI=1S/C9H12F6N2O/c10-8(11,12)5-17-3-1-7(2-4-17,6(16)18)9(13,14)15/h1-5H2,(H2,16,18). The lowest BCUT2D eigenvalue weighted by molar-refractivity contribution is -0.234. The van der Waals surface area contributed by atoms with Crippen molar-refractivity contribution in [3.05, 3.63) is 0 Å². The van der Waals surface area contributed by atoms with E-state index in [-0.39, 0.29) is 0 Å². The summed E-state index contributed by atoms with van der Waals surface area (Å²) in [5.41, 5.74) is 2.06. The maximum atomic E-state index is 12.8. The van der Waals surface area contributed by atoms with Crippen molar-refractivity contribution in [2.45, 2.75) is 25.2 Å². The number of hydrogen-bond acceptors (Lipinski definition) is 2. The van der Waals surface area contributed by atoms with Gasteiger partial charge in [-0.3, -0.25) is 9.69 Å². The van der Waals surface area contributed by atoms with Crippen LogP contribution in [-0.4, -0.2) is 42.8 Å². The highest BCUT2D eigenvalue weighted by molar-refractivity contribution is 5.82. The Morgan fingerprint density at radius 3 is 1.83 bits per heavy atom. The average Bonchev–Trinajstić information content (AvgIpc) is 2.13. The van der Waals surface area contributed by atoms with Gasteiger partial charge in [0, 0.05) is 0 Å². The Hall–Kier alpha value is -0.990. The summed E-state index contributed by atoms with van der Waals surface area (Å²) in [4.78, 5) is 11.8. The van der Waals surface area contributed by atoms with E-state index in [4.69, 9.17) is 5.73 Å². The highest BCUT2D eigenvalue weighted by atomic mass is 19.4. The molecule has 1 amide bonds. The molecule has 1 rings (SSSR count). The van der Waals surface area contributed by atoms with Gasteiger partial charge in [-0.1, -0.05) is 0 Å². The Labute approximate surface area is 98.9 Å². The SMILES string of the molecule is NC(=O)C1(C(F)(F)F)CCN(CC(F)(F)F)CC1. The van der Waals surface area contributed by atoms with Gasteiger partial charge in [0.05, 0.1) is 6.54 Å². The molecular weight excluding hydrogens is 266 g/mol. The van der Waals surface area contributed by atoms with Crippen LogP contribution in [0.1, 0.15) is 12.8 Å².